The van der Waals surface area contributed by atoms with E-state index in [1.165, 1.54) is 0 Å². The van der Waals surface area contributed by atoms with E-state index in [1.807, 2.05) is 12.1 Å². The summed E-state index contributed by atoms with van der Waals surface area (Å²) >= 11 is 0. The molecule has 0 spiro atoms. The molecule has 2 aromatic rings. The van der Waals surface area contributed by atoms with E-state index >= 15 is 0 Å². The van der Waals surface area contributed by atoms with E-state index in [4.69, 9.17) is 42.6 Å². The molecule has 0 radical (unpaired) electrons. The maximum Gasteiger partial charge on any atom is 0.323 e. The minimum Gasteiger partial charge on any atom is -0.493 e. The Hall–Kier alpha value is -3.57. The minimum absolute atomic E-state index is 0.207. The number of nitrogens with zero attached hydrogens (tertiary/aromatic N) is 1. The summed E-state index contributed by atoms with van der Waals surface area (Å²) in [6.07, 6.45) is 5.38. The Morgan fingerprint density at radius 3 is 1.95 bits per heavy atom. The Morgan fingerprint density at radius 1 is 0.786 bits per heavy atom. The van der Waals surface area contributed by atoms with Crippen LogP contribution in [0.2, 0.25) is 0 Å². The SMILES string of the molecule is COc1cc(CCCCCOC(=O)[C@@H]2CCCCN2C2OC2Oc2cc(OC)c(OC)c(OC)c2)cc(OC)c1OC. The molecule has 2 fully saturated rings. The Balaban J connectivity index is 1.23. The van der Waals surface area contributed by atoms with Crippen LogP contribution in [-0.2, 0) is 20.7 Å². The van der Waals surface area contributed by atoms with E-state index in [-0.39, 0.29) is 18.2 Å². The highest BCUT2D eigenvalue weighted by molar-refractivity contribution is 5.76. The minimum atomic E-state index is -0.503. The number of aryl methyl sites for hydroxylation is 1. The molecule has 0 bridgehead atoms. The molecule has 2 unspecified atom stereocenters. The van der Waals surface area contributed by atoms with E-state index in [2.05, 4.69) is 4.90 Å². The molecule has 4 rings (SSSR count). The molecule has 0 saturated carbocycles. The van der Waals surface area contributed by atoms with Gasteiger partial charge in [-0.15, -0.1) is 0 Å². The van der Waals surface area contributed by atoms with Gasteiger partial charge in [0.05, 0.1) is 49.3 Å². The normalized spacial score (nSPS) is 19.9. The molecule has 0 amide bonds. The van der Waals surface area contributed by atoms with Crippen molar-refractivity contribution in [2.75, 3.05) is 55.8 Å². The van der Waals surface area contributed by atoms with E-state index < -0.39 is 6.29 Å². The maximum absolute atomic E-state index is 13.1. The number of ether oxygens (including phenoxy) is 9. The summed E-state index contributed by atoms with van der Waals surface area (Å²) in [6.45, 7) is 1.13. The van der Waals surface area contributed by atoms with Crippen LogP contribution >= 0.6 is 0 Å². The van der Waals surface area contributed by atoms with Crippen molar-refractivity contribution in [3.05, 3.63) is 29.8 Å². The summed E-state index contributed by atoms with van der Waals surface area (Å²) in [5.74, 6) is 3.67. The van der Waals surface area contributed by atoms with Gasteiger partial charge in [-0.25, -0.2) is 0 Å². The van der Waals surface area contributed by atoms with Crippen LogP contribution in [0, 0.1) is 0 Å². The summed E-state index contributed by atoms with van der Waals surface area (Å²) in [7, 11) is 9.47. The number of piperidine rings is 1. The largest absolute Gasteiger partial charge is 0.493 e. The predicted molar refractivity (Wildman–Crippen MR) is 154 cm³/mol. The second-order valence-corrected chi connectivity index (χ2v) is 10.1. The molecule has 2 saturated heterocycles. The molecule has 0 aromatic heterocycles. The second kappa shape index (κ2) is 15.1. The number of hydrogen-bond donors (Lipinski definition) is 0. The fourth-order valence-corrected chi connectivity index (χ4v) is 5.34. The lowest BCUT2D eigenvalue weighted by atomic mass is 10.0. The van der Waals surface area contributed by atoms with Crippen molar-refractivity contribution >= 4 is 5.97 Å². The zero-order valence-electron chi connectivity index (χ0n) is 25.4. The maximum atomic E-state index is 13.1. The first kappa shape index (κ1) is 31.4. The molecule has 0 N–H and O–H groups in total. The van der Waals surface area contributed by atoms with Gasteiger partial charge in [-0.1, -0.05) is 6.42 Å². The number of epoxide rings is 1. The lowest BCUT2D eigenvalue weighted by Crippen LogP contribution is -2.48. The van der Waals surface area contributed by atoms with Crippen LogP contribution in [0.1, 0.15) is 44.1 Å². The van der Waals surface area contributed by atoms with Crippen LogP contribution in [0.4, 0.5) is 0 Å². The van der Waals surface area contributed by atoms with Crippen LogP contribution in [0.25, 0.3) is 0 Å². The van der Waals surface area contributed by atoms with Crippen molar-refractivity contribution in [3.8, 4) is 40.2 Å². The lowest BCUT2D eigenvalue weighted by molar-refractivity contribution is -0.152. The Morgan fingerprint density at radius 2 is 1.38 bits per heavy atom. The van der Waals surface area contributed by atoms with Crippen molar-refractivity contribution in [2.45, 2.75) is 63.5 Å². The third kappa shape index (κ3) is 7.43. The number of likely N-dealkylation sites (tertiary alicyclic amines) is 1. The molecule has 2 heterocycles. The highest BCUT2D eigenvalue weighted by Gasteiger charge is 2.51. The molecule has 0 aliphatic carbocycles. The van der Waals surface area contributed by atoms with E-state index in [0.717, 1.165) is 57.1 Å². The molecule has 11 heteroatoms. The molecule has 2 aromatic carbocycles. The molecule has 2 aliphatic rings. The van der Waals surface area contributed by atoms with Crippen molar-refractivity contribution in [1.29, 1.82) is 0 Å². The number of hydrogen-bond acceptors (Lipinski definition) is 11. The van der Waals surface area contributed by atoms with Crippen LogP contribution in [-0.4, -0.2) is 85.2 Å². The highest BCUT2D eigenvalue weighted by Crippen LogP contribution is 2.43. The third-order valence-electron chi connectivity index (χ3n) is 7.54. The monoisotopic (exact) mass is 589 g/mol. The second-order valence-electron chi connectivity index (χ2n) is 10.1. The average Bonchev–Trinajstić information content (AvgIpc) is 3.79. The highest BCUT2D eigenvalue weighted by atomic mass is 16.8. The number of carbonyl (C=O) groups excluding carboxylic acids is 1. The van der Waals surface area contributed by atoms with Crippen LogP contribution in [0.5, 0.6) is 40.2 Å². The standard InChI is InChI=1S/C31H43NO10/c1-34-23-16-20(17-24(35-2)27(23)38-5)12-8-7-11-15-40-30(33)22-13-9-10-14-32(22)29-31(42-29)41-21-18-25(36-3)28(39-6)26(19-21)37-4/h16-19,22,29,31H,7-15H2,1-6H3/t22-,29?,31?/m0/s1. The van der Waals surface area contributed by atoms with Gasteiger partial charge in [0, 0.05) is 18.7 Å². The summed E-state index contributed by atoms with van der Waals surface area (Å²) in [4.78, 5) is 15.1. The average molecular weight is 590 g/mol. The number of rotatable bonds is 16. The van der Waals surface area contributed by atoms with E-state index in [1.54, 1.807) is 54.8 Å². The summed E-state index contributed by atoms with van der Waals surface area (Å²) in [5.41, 5.74) is 1.10. The molecule has 42 heavy (non-hydrogen) atoms. The van der Waals surface area contributed by atoms with Crippen LogP contribution < -0.4 is 33.2 Å². The van der Waals surface area contributed by atoms with E-state index in [9.17, 15) is 4.79 Å². The van der Waals surface area contributed by atoms with Gasteiger partial charge in [0.15, 0.2) is 29.2 Å². The smallest absolute Gasteiger partial charge is 0.323 e. The third-order valence-corrected chi connectivity index (χ3v) is 7.54. The van der Waals surface area contributed by atoms with Crippen molar-refractivity contribution in [2.24, 2.45) is 0 Å². The zero-order chi connectivity index (χ0) is 30.1. The van der Waals surface area contributed by atoms with Crippen molar-refractivity contribution in [3.63, 3.8) is 0 Å². The number of esters is 1. The fourth-order valence-electron chi connectivity index (χ4n) is 5.34. The van der Waals surface area contributed by atoms with Gasteiger partial charge < -0.3 is 42.6 Å². The number of methoxy groups -OCH3 is 6. The van der Waals surface area contributed by atoms with Crippen LogP contribution in [0.15, 0.2) is 24.3 Å². The Labute approximate surface area is 247 Å². The lowest BCUT2D eigenvalue weighted by Gasteiger charge is -2.32. The Kier molecular flexibility index (Phi) is 11.2. The topological polar surface area (TPSA) is 107 Å². The fraction of sp³-hybridized carbons (Fsp3) is 0.581. The van der Waals surface area contributed by atoms with Gasteiger partial charge in [-0.05, 0) is 56.2 Å². The van der Waals surface area contributed by atoms with Gasteiger partial charge >= 0.3 is 5.97 Å². The quantitative estimate of drug-likeness (QED) is 0.156. The van der Waals surface area contributed by atoms with Crippen molar-refractivity contribution < 1.29 is 47.4 Å². The predicted octanol–water partition coefficient (Wildman–Crippen LogP) is 4.61. The summed E-state index contributed by atoms with van der Waals surface area (Å²) < 4.78 is 50.1. The number of carbonyl (C=O) groups is 1. The zero-order valence-corrected chi connectivity index (χ0v) is 25.4. The number of benzene rings is 2. The molecule has 11 nitrogen and oxygen atoms in total. The van der Waals surface area contributed by atoms with E-state index in [0.29, 0.717) is 46.9 Å². The van der Waals surface area contributed by atoms with Crippen molar-refractivity contribution in [1.82, 2.24) is 4.90 Å². The Bertz CT molecular complexity index is 1140. The van der Waals surface area contributed by atoms with Gasteiger partial charge in [0.1, 0.15) is 11.8 Å². The summed E-state index contributed by atoms with van der Waals surface area (Å²) in [5, 5.41) is 0. The van der Waals surface area contributed by atoms with Gasteiger partial charge in [0.2, 0.25) is 17.8 Å². The first-order valence-electron chi connectivity index (χ1n) is 14.3. The molecular weight excluding hydrogens is 546 g/mol. The van der Waals surface area contributed by atoms with Gasteiger partial charge in [-0.3, -0.25) is 9.69 Å². The molecular formula is C31H43NO10. The first-order chi connectivity index (χ1) is 20.5. The molecule has 232 valence electrons. The molecule has 2 aliphatic heterocycles. The number of unbranched alkanes of at least 4 members (excludes halogenated alkanes) is 2. The van der Waals surface area contributed by atoms with Crippen LogP contribution in [0.3, 0.4) is 0 Å². The summed E-state index contributed by atoms with van der Waals surface area (Å²) in [6, 6.07) is 7.04. The first-order valence-corrected chi connectivity index (χ1v) is 14.3. The molecule has 3 atom stereocenters. The van der Waals surface area contributed by atoms with Gasteiger partial charge in [-0.2, -0.15) is 0 Å². The van der Waals surface area contributed by atoms with Gasteiger partial charge in [0.25, 0.3) is 0 Å².